The fourth-order valence-electron chi connectivity index (χ4n) is 4.92. The zero-order valence-corrected chi connectivity index (χ0v) is 18.9. The van der Waals surface area contributed by atoms with Crippen LogP contribution in [0.1, 0.15) is 13.7 Å². The standard InChI is InChI=1S/C33H19N3O/c1-3-10-20(11-4-1)31-34-32(21-12-5-2-6-13-21)36-33(35-31)22-18-26-24-15-8-7-14-23(24)25-16-9-17-27-29(25)30(26)28(19-22)37-27/h1-19H/i1D,2D,3D,4D,5D,6D,10D,11D,12D,13D. The molecule has 8 aromatic rings. The maximum atomic E-state index is 8.58. The van der Waals surface area contributed by atoms with Crippen LogP contribution in [0.15, 0.2) is 119 Å². The molecule has 0 radical (unpaired) electrons. The Balaban J connectivity index is 1.50. The van der Waals surface area contributed by atoms with Crippen LogP contribution < -0.4 is 0 Å². The first kappa shape index (κ1) is 12.7. The smallest absolute Gasteiger partial charge is 0.164 e. The normalized spacial score (nSPS) is 15.6. The summed E-state index contributed by atoms with van der Waals surface area (Å²) in [6.07, 6.45) is 0. The van der Waals surface area contributed by atoms with Crippen molar-refractivity contribution in [3.05, 3.63) is 115 Å². The van der Waals surface area contributed by atoms with Gasteiger partial charge >= 0.3 is 0 Å². The molecule has 0 unspecified atom stereocenters. The van der Waals surface area contributed by atoms with Crippen molar-refractivity contribution in [3.63, 3.8) is 0 Å². The van der Waals surface area contributed by atoms with Gasteiger partial charge in [-0.15, -0.1) is 0 Å². The minimum atomic E-state index is -0.604. The van der Waals surface area contributed by atoms with Crippen molar-refractivity contribution >= 4 is 43.5 Å². The summed E-state index contributed by atoms with van der Waals surface area (Å²) < 4.78 is 89.6. The summed E-state index contributed by atoms with van der Waals surface area (Å²) in [6, 6.07) is 11.4. The molecule has 0 saturated carbocycles. The third-order valence-corrected chi connectivity index (χ3v) is 6.45. The van der Waals surface area contributed by atoms with E-state index in [1.807, 2.05) is 48.5 Å². The molecule has 0 N–H and O–H groups in total. The Labute approximate surface area is 226 Å². The van der Waals surface area contributed by atoms with E-state index in [0.29, 0.717) is 16.7 Å². The van der Waals surface area contributed by atoms with Crippen molar-refractivity contribution in [2.75, 3.05) is 0 Å². The maximum Gasteiger partial charge on any atom is 0.164 e. The highest BCUT2D eigenvalue weighted by Gasteiger charge is 2.20. The molecule has 0 fully saturated rings. The van der Waals surface area contributed by atoms with Crippen molar-refractivity contribution in [1.82, 2.24) is 15.0 Å². The fraction of sp³-hybridized carbons (Fsp3) is 0. The summed E-state index contributed by atoms with van der Waals surface area (Å²) in [5, 5.41) is 5.65. The van der Waals surface area contributed by atoms with Crippen molar-refractivity contribution in [1.29, 1.82) is 0 Å². The molecule has 4 heteroatoms. The van der Waals surface area contributed by atoms with Crippen molar-refractivity contribution in [3.8, 4) is 34.2 Å². The molecule has 6 aromatic carbocycles. The lowest BCUT2D eigenvalue weighted by Gasteiger charge is -2.11. The summed E-state index contributed by atoms with van der Waals surface area (Å²) in [4.78, 5) is 13.5. The van der Waals surface area contributed by atoms with E-state index in [2.05, 4.69) is 15.0 Å². The molecule has 4 nitrogen and oxygen atoms in total. The Morgan fingerprint density at radius 3 is 1.68 bits per heavy atom. The van der Waals surface area contributed by atoms with E-state index in [-0.39, 0.29) is 28.6 Å². The number of nitrogens with zero attached hydrogens (tertiary/aromatic N) is 3. The quantitative estimate of drug-likeness (QED) is 0.236. The second-order valence-electron chi connectivity index (χ2n) is 8.53. The van der Waals surface area contributed by atoms with Crippen molar-refractivity contribution in [2.24, 2.45) is 0 Å². The zero-order valence-electron chi connectivity index (χ0n) is 28.9. The monoisotopic (exact) mass is 483 g/mol. The minimum Gasteiger partial charge on any atom is -0.456 e. The number of rotatable bonds is 3. The third kappa shape index (κ3) is 3.06. The number of hydrogen-bond donors (Lipinski definition) is 0. The molecule has 2 aromatic heterocycles. The van der Waals surface area contributed by atoms with E-state index in [1.54, 1.807) is 6.07 Å². The molecule has 2 heterocycles. The fourth-order valence-corrected chi connectivity index (χ4v) is 4.92. The summed E-state index contributed by atoms with van der Waals surface area (Å²) in [5.41, 5.74) is 0.975. The number of furan rings is 1. The number of benzene rings is 6. The van der Waals surface area contributed by atoms with E-state index in [4.69, 9.17) is 18.1 Å². The molecule has 0 aliphatic carbocycles. The molecule has 0 amide bonds. The van der Waals surface area contributed by atoms with Crippen LogP contribution in [0, 0.1) is 0 Å². The number of fused-ring (bicyclic) bond motifs is 3. The van der Waals surface area contributed by atoms with Crippen LogP contribution in [-0.2, 0) is 0 Å². The first-order chi connectivity index (χ1) is 22.5. The molecule has 37 heavy (non-hydrogen) atoms. The largest absolute Gasteiger partial charge is 0.456 e. The predicted octanol–water partition coefficient (Wildman–Crippen LogP) is 8.52. The maximum absolute atomic E-state index is 8.58. The average Bonchev–Trinajstić information content (AvgIpc) is 3.47. The van der Waals surface area contributed by atoms with E-state index >= 15 is 0 Å². The first-order valence-electron chi connectivity index (χ1n) is 16.5. The summed E-state index contributed by atoms with van der Waals surface area (Å²) in [7, 11) is 0. The highest BCUT2D eigenvalue weighted by molar-refractivity contribution is 6.33. The van der Waals surface area contributed by atoms with Gasteiger partial charge in [0.25, 0.3) is 0 Å². The highest BCUT2D eigenvalue weighted by atomic mass is 16.3. The molecule has 8 rings (SSSR count). The van der Waals surface area contributed by atoms with Crippen LogP contribution in [-0.4, -0.2) is 15.0 Å². The number of hydrogen-bond acceptors (Lipinski definition) is 4. The van der Waals surface area contributed by atoms with Gasteiger partial charge in [-0.1, -0.05) is 96.8 Å². The second kappa shape index (κ2) is 7.70. The van der Waals surface area contributed by atoms with Gasteiger partial charge in [-0.05, 0) is 39.7 Å². The molecule has 172 valence electrons. The van der Waals surface area contributed by atoms with Crippen LogP contribution >= 0.6 is 0 Å². The van der Waals surface area contributed by atoms with Gasteiger partial charge in [0.2, 0.25) is 0 Å². The Kier molecular flexibility index (Phi) is 2.65. The Morgan fingerprint density at radius 2 is 1.03 bits per heavy atom. The van der Waals surface area contributed by atoms with Crippen LogP contribution in [0.2, 0.25) is 0 Å². The summed E-state index contributed by atoms with van der Waals surface area (Å²) in [6.45, 7) is 0. The van der Waals surface area contributed by atoms with Crippen molar-refractivity contribution < 1.29 is 18.1 Å². The van der Waals surface area contributed by atoms with Crippen LogP contribution in [0.3, 0.4) is 0 Å². The van der Waals surface area contributed by atoms with Gasteiger partial charge in [0.1, 0.15) is 11.2 Å². The predicted molar refractivity (Wildman–Crippen MR) is 150 cm³/mol. The molecule has 0 spiro atoms. The van der Waals surface area contributed by atoms with E-state index in [1.165, 1.54) is 0 Å². The zero-order chi connectivity index (χ0) is 33.0. The highest BCUT2D eigenvalue weighted by Crippen LogP contribution is 2.43. The second-order valence-corrected chi connectivity index (χ2v) is 8.53. The molecular formula is C33H19N3O. The van der Waals surface area contributed by atoms with Gasteiger partial charge in [0.15, 0.2) is 17.5 Å². The Hall–Kier alpha value is -5.09. The van der Waals surface area contributed by atoms with Gasteiger partial charge < -0.3 is 4.42 Å². The van der Waals surface area contributed by atoms with Gasteiger partial charge in [0.05, 0.1) is 13.7 Å². The molecule has 0 aliphatic heterocycles. The third-order valence-electron chi connectivity index (χ3n) is 6.45. The Morgan fingerprint density at radius 1 is 0.486 bits per heavy atom. The Bertz CT molecular complexity index is 2510. The van der Waals surface area contributed by atoms with Crippen LogP contribution in [0.5, 0.6) is 0 Å². The van der Waals surface area contributed by atoms with Gasteiger partial charge in [0, 0.05) is 27.5 Å². The van der Waals surface area contributed by atoms with Crippen molar-refractivity contribution in [2.45, 2.75) is 0 Å². The molecular weight excluding hydrogens is 454 g/mol. The summed E-state index contributed by atoms with van der Waals surface area (Å²) in [5.74, 6) is -0.671. The van der Waals surface area contributed by atoms with Gasteiger partial charge in [-0.25, -0.2) is 15.0 Å². The van der Waals surface area contributed by atoms with Gasteiger partial charge in [-0.3, -0.25) is 0 Å². The van der Waals surface area contributed by atoms with E-state index < -0.39 is 60.4 Å². The minimum absolute atomic E-state index is 0.0227. The molecule has 0 bridgehead atoms. The lowest BCUT2D eigenvalue weighted by molar-refractivity contribution is 0.669. The topological polar surface area (TPSA) is 51.8 Å². The van der Waals surface area contributed by atoms with Gasteiger partial charge in [-0.2, -0.15) is 0 Å². The number of aromatic nitrogens is 3. The summed E-state index contributed by atoms with van der Waals surface area (Å²) >= 11 is 0. The van der Waals surface area contributed by atoms with Crippen LogP contribution in [0.25, 0.3) is 77.6 Å². The molecule has 0 saturated heterocycles. The SMILES string of the molecule is [2H]c1c([2H])c([2H])c(-c2nc(-c3cc4oc5cccc6c7ccccc7c(c3)c4c56)nc(-c3c([2H])c([2H])c([2H])c([2H])c3[2H])n2)c([2H])c1[2H]. The first-order valence-corrected chi connectivity index (χ1v) is 11.5. The molecule has 0 aliphatic rings. The average molecular weight is 484 g/mol. The lowest BCUT2D eigenvalue weighted by atomic mass is 9.93. The molecule has 0 atom stereocenters. The van der Waals surface area contributed by atoms with Crippen LogP contribution in [0.4, 0.5) is 0 Å². The lowest BCUT2D eigenvalue weighted by Crippen LogP contribution is -2.00. The van der Waals surface area contributed by atoms with E-state index in [9.17, 15) is 0 Å². The van der Waals surface area contributed by atoms with E-state index in [0.717, 1.165) is 32.3 Å².